The number of carbonyl (C=O) groups excluding carboxylic acids is 2. The van der Waals surface area contributed by atoms with Gasteiger partial charge in [-0.2, -0.15) is 11.8 Å². The van der Waals surface area contributed by atoms with Crippen molar-refractivity contribution in [2.45, 2.75) is 39.7 Å². The lowest BCUT2D eigenvalue weighted by molar-refractivity contribution is -0.126. The number of thioether (sulfide) groups is 1. The summed E-state index contributed by atoms with van der Waals surface area (Å²) in [7, 11) is 0. The molecule has 0 aliphatic heterocycles. The Labute approximate surface area is 127 Å². The second-order valence-corrected chi connectivity index (χ2v) is 6.59. The first-order chi connectivity index (χ1) is 9.47. The molecule has 20 heavy (non-hydrogen) atoms. The number of anilines is 1. The number of amides is 2. The average molecular weight is 315 g/mol. The van der Waals surface area contributed by atoms with Crippen molar-refractivity contribution in [3.8, 4) is 0 Å². The van der Waals surface area contributed by atoms with Gasteiger partial charge in [0.05, 0.1) is 5.69 Å². The molecule has 1 aromatic rings. The molecule has 0 saturated heterocycles. The molecule has 2 N–H and O–H groups in total. The highest BCUT2D eigenvalue weighted by molar-refractivity contribution is 7.98. The normalized spacial score (nSPS) is 12.0. The van der Waals surface area contributed by atoms with Gasteiger partial charge in [0.15, 0.2) is 5.13 Å². The molecule has 0 saturated carbocycles. The highest BCUT2D eigenvalue weighted by atomic mass is 32.2. The van der Waals surface area contributed by atoms with Gasteiger partial charge in [-0.25, -0.2) is 4.98 Å². The molecule has 5 nitrogen and oxygen atoms in total. The Bertz CT molecular complexity index is 455. The lowest BCUT2D eigenvalue weighted by Gasteiger charge is -2.16. The minimum absolute atomic E-state index is 0.113. The summed E-state index contributed by atoms with van der Waals surface area (Å²) in [4.78, 5) is 29.1. The number of hydrogen-bond acceptors (Lipinski definition) is 5. The van der Waals surface area contributed by atoms with Gasteiger partial charge in [0.2, 0.25) is 11.8 Å². The van der Waals surface area contributed by atoms with Crippen molar-refractivity contribution in [3.63, 3.8) is 0 Å². The minimum atomic E-state index is -0.501. The largest absolute Gasteiger partial charge is 0.344 e. The van der Waals surface area contributed by atoms with Crippen LogP contribution >= 0.6 is 23.1 Å². The zero-order chi connectivity index (χ0) is 15.1. The van der Waals surface area contributed by atoms with Gasteiger partial charge in [-0.1, -0.05) is 6.92 Å². The van der Waals surface area contributed by atoms with E-state index in [0.717, 1.165) is 16.3 Å². The molecule has 0 aromatic carbocycles. The van der Waals surface area contributed by atoms with Crippen LogP contribution in [0.1, 0.15) is 30.3 Å². The second kappa shape index (κ2) is 8.26. The molecule has 1 rings (SSSR count). The Morgan fingerprint density at radius 1 is 1.40 bits per heavy atom. The van der Waals surface area contributed by atoms with Crippen molar-refractivity contribution in [1.82, 2.24) is 10.3 Å². The first-order valence-electron chi connectivity index (χ1n) is 6.51. The van der Waals surface area contributed by atoms with E-state index in [1.165, 1.54) is 11.3 Å². The van der Waals surface area contributed by atoms with Crippen LogP contribution in [0.4, 0.5) is 5.13 Å². The molecule has 0 spiro atoms. The second-order valence-electron chi connectivity index (χ2n) is 4.40. The van der Waals surface area contributed by atoms with E-state index in [4.69, 9.17) is 0 Å². The lowest BCUT2D eigenvalue weighted by atomic mass is 10.2. The molecule has 0 aliphatic carbocycles. The maximum atomic E-state index is 12.2. The first kappa shape index (κ1) is 17.0. The number of nitrogens with zero attached hydrogens (tertiary/aromatic N) is 1. The van der Waals surface area contributed by atoms with Gasteiger partial charge in [0.1, 0.15) is 6.04 Å². The number of carbonyl (C=O) groups is 2. The number of thiazole rings is 1. The Kier molecular flexibility index (Phi) is 7.01. The van der Waals surface area contributed by atoms with E-state index in [9.17, 15) is 9.59 Å². The van der Waals surface area contributed by atoms with Crippen LogP contribution in [0.2, 0.25) is 0 Å². The van der Waals surface area contributed by atoms with Crippen LogP contribution in [0.3, 0.4) is 0 Å². The summed E-state index contributed by atoms with van der Waals surface area (Å²) in [5.41, 5.74) is 0.920. The topological polar surface area (TPSA) is 71.1 Å². The van der Waals surface area contributed by atoms with Crippen molar-refractivity contribution in [2.24, 2.45) is 0 Å². The van der Waals surface area contributed by atoms with Crippen LogP contribution in [-0.2, 0) is 9.59 Å². The van der Waals surface area contributed by atoms with Gasteiger partial charge in [0, 0.05) is 11.3 Å². The van der Waals surface area contributed by atoms with E-state index in [-0.39, 0.29) is 11.8 Å². The SMILES string of the molecule is CCC(=O)N[C@H](CCSC)C(=O)Nc1nc(C)c(C)s1. The number of hydrogen-bond donors (Lipinski definition) is 2. The summed E-state index contributed by atoms with van der Waals surface area (Å²) in [6, 6.07) is -0.501. The van der Waals surface area contributed by atoms with Crippen LogP contribution in [0.25, 0.3) is 0 Å². The molecule has 2 amide bonds. The average Bonchev–Trinajstić information content (AvgIpc) is 2.72. The summed E-state index contributed by atoms with van der Waals surface area (Å²) in [5.74, 6) is 0.505. The molecule has 0 aliphatic rings. The third-order valence-electron chi connectivity index (χ3n) is 2.84. The molecule has 112 valence electrons. The fourth-order valence-corrected chi connectivity index (χ4v) is 2.81. The molecule has 7 heteroatoms. The summed E-state index contributed by atoms with van der Waals surface area (Å²) in [5, 5.41) is 6.13. The van der Waals surface area contributed by atoms with Crippen molar-refractivity contribution in [1.29, 1.82) is 0 Å². The number of aromatic nitrogens is 1. The van der Waals surface area contributed by atoms with Crippen molar-refractivity contribution >= 4 is 40.0 Å². The van der Waals surface area contributed by atoms with E-state index in [1.807, 2.05) is 20.1 Å². The van der Waals surface area contributed by atoms with Crippen LogP contribution in [-0.4, -0.2) is 34.8 Å². The molecule has 0 fully saturated rings. The van der Waals surface area contributed by atoms with Gasteiger partial charge in [0.25, 0.3) is 0 Å². The summed E-state index contributed by atoms with van der Waals surface area (Å²) < 4.78 is 0. The fraction of sp³-hybridized carbons (Fsp3) is 0.615. The van der Waals surface area contributed by atoms with Crippen LogP contribution in [0.5, 0.6) is 0 Å². The highest BCUT2D eigenvalue weighted by Crippen LogP contribution is 2.21. The standard InChI is InChI=1S/C13H21N3O2S2/c1-5-11(17)15-10(6-7-19-4)12(18)16-13-14-8(2)9(3)20-13/h10H,5-7H2,1-4H3,(H,15,17)(H,14,16,18)/t10-/m1/s1. The zero-order valence-electron chi connectivity index (χ0n) is 12.3. The molecular formula is C13H21N3O2S2. The maximum Gasteiger partial charge on any atom is 0.248 e. The third-order valence-corrected chi connectivity index (χ3v) is 4.47. The Balaban J connectivity index is 2.68. The van der Waals surface area contributed by atoms with Gasteiger partial charge in [-0.3, -0.25) is 9.59 Å². The van der Waals surface area contributed by atoms with E-state index in [1.54, 1.807) is 18.7 Å². The van der Waals surface area contributed by atoms with Crippen molar-refractivity contribution in [3.05, 3.63) is 10.6 Å². The van der Waals surface area contributed by atoms with E-state index in [2.05, 4.69) is 15.6 Å². The zero-order valence-corrected chi connectivity index (χ0v) is 13.9. The monoisotopic (exact) mass is 315 g/mol. The molecule has 1 aromatic heterocycles. The molecule has 1 heterocycles. The van der Waals surface area contributed by atoms with Gasteiger partial charge < -0.3 is 10.6 Å². The van der Waals surface area contributed by atoms with Gasteiger partial charge in [-0.05, 0) is 32.3 Å². The van der Waals surface area contributed by atoms with Crippen LogP contribution < -0.4 is 10.6 Å². The van der Waals surface area contributed by atoms with Crippen molar-refractivity contribution < 1.29 is 9.59 Å². The fourth-order valence-electron chi connectivity index (χ4n) is 1.52. The number of nitrogens with one attached hydrogen (secondary N) is 2. The van der Waals surface area contributed by atoms with E-state index >= 15 is 0 Å². The Morgan fingerprint density at radius 3 is 2.60 bits per heavy atom. The van der Waals surface area contributed by atoms with Crippen LogP contribution in [0.15, 0.2) is 0 Å². The predicted molar refractivity (Wildman–Crippen MR) is 85.4 cm³/mol. The molecule has 1 atom stereocenters. The molecule has 0 radical (unpaired) electrons. The first-order valence-corrected chi connectivity index (χ1v) is 8.72. The smallest absolute Gasteiger partial charge is 0.248 e. The molecule has 0 bridgehead atoms. The minimum Gasteiger partial charge on any atom is -0.344 e. The van der Waals surface area contributed by atoms with Crippen molar-refractivity contribution in [2.75, 3.05) is 17.3 Å². The Morgan fingerprint density at radius 2 is 2.10 bits per heavy atom. The Hall–Kier alpha value is -1.08. The van der Waals surface area contributed by atoms with E-state index < -0.39 is 6.04 Å². The lowest BCUT2D eigenvalue weighted by Crippen LogP contribution is -2.43. The van der Waals surface area contributed by atoms with Gasteiger partial charge >= 0.3 is 0 Å². The van der Waals surface area contributed by atoms with Gasteiger partial charge in [-0.15, -0.1) is 11.3 Å². The summed E-state index contributed by atoms with van der Waals surface area (Å²) in [6.07, 6.45) is 2.96. The number of rotatable bonds is 7. The molecule has 0 unspecified atom stereocenters. The third kappa shape index (κ3) is 5.13. The summed E-state index contributed by atoms with van der Waals surface area (Å²) in [6.45, 7) is 5.64. The van der Waals surface area contributed by atoms with Crippen LogP contribution in [0, 0.1) is 13.8 Å². The maximum absolute atomic E-state index is 12.2. The van der Waals surface area contributed by atoms with E-state index in [0.29, 0.717) is 18.0 Å². The quantitative estimate of drug-likeness (QED) is 0.810. The summed E-state index contributed by atoms with van der Waals surface area (Å²) >= 11 is 3.10. The predicted octanol–water partition coefficient (Wildman–Crippen LogP) is 2.35. The molecular weight excluding hydrogens is 294 g/mol. The number of aryl methyl sites for hydroxylation is 2. The highest BCUT2D eigenvalue weighted by Gasteiger charge is 2.21.